The van der Waals surface area contributed by atoms with Gasteiger partial charge < -0.3 is 4.74 Å². The van der Waals surface area contributed by atoms with Crippen molar-refractivity contribution in [2.75, 3.05) is 6.61 Å². The van der Waals surface area contributed by atoms with E-state index >= 15 is 0 Å². The standard InChI is InChI=1S/C19H20N2O3S/c1-5-24-16(23)8-14-9-21-15(10-22)18(20-19(21)25-14)17-12(3)6-11(2)7-13(17)4/h6-7,9-10H,5,8H2,1-4H3. The minimum atomic E-state index is -0.273. The summed E-state index contributed by atoms with van der Waals surface area (Å²) in [6.07, 6.45) is 2.82. The quantitative estimate of drug-likeness (QED) is 0.514. The van der Waals surface area contributed by atoms with E-state index in [0.717, 1.165) is 27.9 Å². The number of imidazole rings is 1. The van der Waals surface area contributed by atoms with Gasteiger partial charge in [0.1, 0.15) is 11.4 Å². The van der Waals surface area contributed by atoms with E-state index in [-0.39, 0.29) is 12.4 Å². The molecule has 2 aromatic heterocycles. The smallest absolute Gasteiger partial charge is 0.311 e. The number of aldehydes is 1. The molecule has 0 saturated heterocycles. The van der Waals surface area contributed by atoms with E-state index in [1.165, 1.54) is 16.9 Å². The second-order valence-corrected chi connectivity index (χ2v) is 7.16. The largest absolute Gasteiger partial charge is 0.466 e. The predicted octanol–water partition coefficient (Wildman–Crippen LogP) is 3.91. The Labute approximate surface area is 150 Å². The van der Waals surface area contributed by atoms with Gasteiger partial charge in [0.15, 0.2) is 11.2 Å². The average Bonchev–Trinajstić information content (AvgIpc) is 3.03. The third-order valence-corrected chi connectivity index (χ3v) is 5.04. The summed E-state index contributed by atoms with van der Waals surface area (Å²) >= 11 is 1.40. The number of hydrogen-bond donors (Lipinski definition) is 0. The first-order chi connectivity index (χ1) is 11.9. The second-order valence-electron chi connectivity index (χ2n) is 6.07. The third-order valence-electron chi connectivity index (χ3n) is 4.06. The Morgan fingerprint density at radius 3 is 2.56 bits per heavy atom. The van der Waals surface area contributed by atoms with Crippen LogP contribution in [0.1, 0.15) is 39.0 Å². The summed E-state index contributed by atoms with van der Waals surface area (Å²) in [7, 11) is 0. The van der Waals surface area contributed by atoms with Gasteiger partial charge in [0.25, 0.3) is 0 Å². The number of ether oxygens (including phenoxy) is 1. The average molecular weight is 356 g/mol. The fraction of sp³-hybridized carbons (Fsp3) is 0.316. The molecule has 25 heavy (non-hydrogen) atoms. The number of nitrogens with zero attached hydrogens (tertiary/aromatic N) is 2. The Balaban J connectivity index is 2.08. The Bertz CT molecular complexity index is 946. The molecule has 0 fully saturated rings. The molecule has 2 heterocycles. The van der Waals surface area contributed by atoms with Gasteiger partial charge >= 0.3 is 5.97 Å². The summed E-state index contributed by atoms with van der Waals surface area (Å²) in [5, 5.41) is 0. The van der Waals surface area contributed by atoms with Crippen LogP contribution in [0.25, 0.3) is 16.2 Å². The van der Waals surface area contributed by atoms with Crippen molar-refractivity contribution in [2.24, 2.45) is 0 Å². The Morgan fingerprint density at radius 1 is 1.28 bits per heavy atom. The molecule has 0 atom stereocenters. The molecule has 0 bridgehead atoms. The van der Waals surface area contributed by atoms with Crippen molar-refractivity contribution in [1.29, 1.82) is 0 Å². The van der Waals surface area contributed by atoms with Gasteiger partial charge in [0, 0.05) is 16.6 Å². The zero-order valence-electron chi connectivity index (χ0n) is 14.8. The molecule has 0 aliphatic heterocycles. The van der Waals surface area contributed by atoms with Crippen LogP contribution in [0.2, 0.25) is 0 Å². The highest BCUT2D eigenvalue weighted by molar-refractivity contribution is 7.17. The van der Waals surface area contributed by atoms with Crippen molar-refractivity contribution >= 4 is 28.6 Å². The number of esters is 1. The molecular formula is C19H20N2O3S. The molecule has 0 N–H and O–H groups in total. The van der Waals surface area contributed by atoms with Crippen molar-refractivity contribution in [1.82, 2.24) is 9.38 Å². The van der Waals surface area contributed by atoms with Crippen LogP contribution in [0.3, 0.4) is 0 Å². The van der Waals surface area contributed by atoms with E-state index in [2.05, 4.69) is 24.0 Å². The van der Waals surface area contributed by atoms with Gasteiger partial charge in [0.2, 0.25) is 0 Å². The summed E-state index contributed by atoms with van der Waals surface area (Å²) in [5.74, 6) is -0.273. The highest BCUT2D eigenvalue weighted by Gasteiger charge is 2.20. The van der Waals surface area contributed by atoms with Gasteiger partial charge in [-0.25, -0.2) is 4.98 Å². The molecule has 3 aromatic rings. The van der Waals surface area contributed by atoms with Crippen molar-refractivity contribution in [3.63, 3.8) is 0 Å². The van der Waals surface area contributed by atoms with Gasteiger partial charge in [-0.1, -0.05) is 17.7 Å². The molecule has 130 valence electrons. The highest BCUT2D eigenvalue weighted by Crippen LogP contribution is 2.32. The minimum Gasteiger partial charge on any atom is -0.466 e. The van der Waals surface area contributed by atoms with Gasteiger partial charge in [-0.05, 0) is 38.8 Å². The van der Waals surface area contributed by atoms with Crippen LogP contribution in [-0.2, 0) is 16.0 Å². The molecule has 5 nitrogen and oxygen atoms in total. The molecule has 0 amide bonds. The number of aromatic nitrogens is 2. The molecule has 0 aliphatic rings. The van der Waals surface area contributed by atoms with Crippen LogP contribution in [-0.4, -0.2) is 28.2 Å². The zero-order chi connectivity index (χ0) is 18.1. The number of benzene rings is 1. The second kappa shape index (κ2) is 6.80. The van der Waals surface area contributed by atoms with Crippen LogP contribution in [0.5, 0.6) is 0 Å². The van der Waals surface area contributed by atoms with E-state index in [9.17, 15) is 9.59 Å². The maximum Gasteiger partial charge on any atom is 0.311 e. The Kier molecular flexibility index (Phi) is 4.72. The molecular weight excluding hydrogens is 336 g/mol. The number of carbonyl (C=O) groups excluding carboxylic acids is 2. The van der Waals surface area contributed by atoms with E-state index in [0.29, 0.717) is 23.0 Å². The van der Waals surface area contributed by atoms with Gasteiger partial charge in [-0.15, -0.1) is 11.3 Å². The van der Waals surface area contributed by atoms with Crippen LogP contribution in [0, 0.1) is 20.8 Å². The lowest BCUT2D eigenvalue weighted by atomic mass is 9.96. The van der Waals surface area contributed by atoms with Crippen molar-refractivity contribution in [3.8, 4) is 11.3 Å². The number of fused-ring (bicyclic) bond motifs is 1. The van der Waals surface area contributed by atoms with Crippen molar-refractivity contribution < 1.29 is 14.3 Å². The molecule has 0 radical (unpaired) electrons. The van der Waals surface area contributed by atoms with Crippen LogP contribution >= 0.6 is 11.3 Å². The Hall–Kier alpha value is -2.47. The number of aryl methyl sites for hydroxylation is 3. The highest BCUT2D eigenvalue weighted by atomic mass is 32.1. The topological polar surface area (TPSA) is 60.7 Å². The summed E-state index contributed by atoms with van der Waals surface area (Å²) in [4.78, 5) is 29.6. The molecule has 0 aliphatic carbocycles. The van der Waals surface area contributed by atoms with Crippen LogP contribution in [0.4, 0.5) is 0 Å². The van der Waals surface area contributed by atoms with Gasteiger partial charge in [0.05, 0.1) is 13.0 Å². The van der Waals surface area contributed by atoms with E-state index in [4.69, 9.17) is 4.74 Å². The fourth-order valence-corrected chi connectivity index (χ4v) is 4.16. The fourth-order valence-electron chi connectivity index (χ4n) is 3.19. The maximum atomic E-state index is 11.8. The van der Waals surface area contributed by atoms with Crippen molar-refractivity contribution in [3.05, 3.63) is 45.6 Å². The molecule has 0 unspecified atom stereocenters. The van der Waals surface area contributed by atoms with E-state index < -0.39 is 0 Å². The third kappa shape index (κ3) is 3.22. The number of carbonyl (C=O) groups is 2. The predicted molar refractivity (Wildman–Crippen MR) is 98.4 cm³/mol. The summed E-state index contributed by atoms with van der Waals surface area (Å²) in [6.45, 7) is 8.25. The number of rotatable bonds is 5. The molecule has 3 rings (SSSR count). The lowest BCUT2D eigenvalue weighted by molar-refractivity contribution is -0.142. The van der Waals surface area contributed by atoms with Crippen LogP contribution in [0.15, 0.2) is 18.3 Å². The molecule has 6 heteroatoms. The van der Waals surface area contributed by atoms with Gasteiger partial charge in [-0.3, -0.25) is 14.0 Å². The van der Waals surface area contributed by atoms with E-state index in [1.807, 2.05) is 13.8 Å². The number of hydrogen-bond acceptors (Lipinski definition) is 5. The Morgan fingerprint density at radius 2 is 1.96 bits per heavy atom. The lowest BCUT2D eigenvalue weighted by Gasteiger charge is -2.09. The minimum absolute atomic E-state index is 0.193. The maximum absolute atomic E-state index is 11.8. The van der Waals surface area contributed by atoms with E-state index in [1.54, 1.807) is 17.5 Å². The first kappa shape index (κ1) is 17.4. The summed E-state index contributed by atoms with van der Waals surface area (Å²) in [6, 6.07) is 4.19. The summed E-state index contributed by atoms with van der Waals surface area (Å²) < 4.78 is 6.74. The van der Waals surface area contributed by atoms with Crippen LogP contribution < -0.4 is 0 Å². The zero-order valence-corrected chi connectivity index (χ0v) is 15.6. The first-order valence-corrected chi connectivity index (χ1v) is 8.96. The monoisotopic (exact) mass is 356 g/mol. The number of thiazole rings is 1. The SMILES string of the molecule is CCOC(=O)Cc1cn2c(C=O)c(-c3c(C)cc(C)cc3C)nc2s1. The summed E-state index contributed by atoms with van der Waals surface area (Å²) in [5.41, 5.74) is 5.58. The molecule has 1 aromatic carbocycles. The van der Waals surface area contributed by atoms with Gasteiger partial charge in [-0.2, -0.15) is 0 Å². The molecule has 0 spiro atoms. The van der Waals surface area contributed by atoms with Crippen molar-refractivity contribution in [2.45, 2.75) is 34.1 Å². The first-order valence-electron chi connectivity index (χ1n) is 8.14. The normalized spacial score (nSPS) is 11.0. The molecule has 0 saturated carbocycles. The lowest BCUT2D eigenvalue weighted by Crippen LogP contribution is -2.06.